The molecule has 0 aromatic carbocycles. The van der Waals surface area contributed by atoms with Crippen LogP contribution in [0.2, 0.25) is 0 Å². The number of rotatable bonds is 2. The summed E-state index contributed by atoms with van der Waals surface area (Å²) in [4.78, 5) is 8.86. The Labute approximate surface area is 122 Å². The van der Waals surface area contributed by atoms with Crippen molar-refractivity contribution in [2.45, 2.75) is 44.8 Å². The average Bonchev–Trinajstić information content (AvgIpc) is 2.40. The smallest absolute Gasteiger partial charge is 0.194 e. The number of aromatic nitrogens is 4. The molecule has 0 saturated heterocycles. The first kappa shape index (κ1) is 14.4. The van der Waals surface area contributed by atoms with Crippen LogP contribution in [0.1, 0.15) is 33.8 Å². The summed E-state index contributed by atoms with van der Waals surface area (Å²) in [5.74, 6) is 0. The van der Waals surface area contributed by atoms with E-state index in [1.807, 2.05) is 34.6 Å². The lowest BCUT2D eigenvalue weighted by atomic mass is 10.1. The zero-order chi connectivity index (χ0) is 14.9. The lowest BCUT2D eigenvalue weighted by Gasteiger charge is -2.08. The third kappa shape index (κ3) is 2.63. The second-order valence-electron chi connectivity index (χ2n) is 4.61. The molecule has 0 fully saturated rings. The Morgan fingerprint density at radius 1 is 0.850 bits per heavy atom. The zero-order valence-corrected chi connectivity index (χ0v) is 13.0. The predicted octanol–water partition coefficient (Wildman–Crippen LogP) is 2.83. The SMILES string of the molecule is Cc1nc(Sc2nnc(C)c(C)c2C#N)nc(C)c1C. The molecule has 2 heterocycles. The van der Waals surface area contributed by atoms with Gasteiger partial charge in [0, 0.05) is 11.4 Å². The molecule has 102 valence electrons. The quantitative estimate of drug-likeness (QED) is 0.790. The van der Waals surface area contributed by atoms with Crippen LogP contribution in [0.15, 0.2) is 10.2 Å². The van der Waals surface area contributed by atoms with Crippen molar-refractivity contribution in [1.29, 1.82) is 5.26 Å². The molecule has 0 aliphatic carbocycles. The maximum atomic E-state index is 9.28. The molecular weight excluding hydrogens is 270 g/mol. The molecule has 20 heavy (non-hydrogen) atoms. The summed E-state index contributed by atoms with van der Waals surface area (Å²) < 4.78 is 0. The highest BCUT2D eigenvalue weighted by Crippen LogP contribution is 2.28. The Bertz CT molecular complexity index is 695. The van der Waals surface area contributed by atoms with E-state index in [-0.39, 0.29) is 0 Å². The summed E-state index contributed by atoms with van der Waals surface area (Å²) in [6.45, 7) is 9.61. The summed E-state index contributed by atoms with van der Waals surface area (Å²) >= 11 is 1.28. The van der Waals surface area contributed by atoms with Crippen molar-refractivity contribution in [3.8, 4) is 6.07 Å². The minimum atomic E-state index is 0.544. The number of hydrogen-bond donors (Lipinski definition) is 0. The van der Waals surface area contributed by atoms with E-state index in [1.54, 1.807) is 0 Å². The van der Waals surface area contributed by atoms with Crippen LogP contribution in [-0.2, 0) is 0 Å². The van der Waals surface area contributed by atoms with E-state index in [0.29, 0.717) is 15.7 Å². The third-order valence-electron chi connectivity index (χ3n) is 3.33. The molecule has 0 radical (unpaired) electrons. The highest BCUT2D eigenvalue weighted by Gasteiger charge is 2.14. The molecule has 0 amide bonds. The Morgan fingerprint density at radius 2 is 1.45 bits per heavy atom. The van der Waals surface area contributed by atoms with Crippen molar-refractivity contribution in [3.63, 3.8) is 0 Å². The molecule has 0 unspecified atom stereocenters. The summed E-state index contributed by atoms with van der Waals surface area (Å²) in [6, 6.07) is 2.19. The van der Waals surface area contributed by atoms with Crippen molar-refractivity contribution in [3.05, 3.63) is 33.8 Å². The summed E-state index contributed by atoms with van der Waals surface area (Å²) in [5, 5.41) is 18.6. The van der Waals surface area contributed by atoms with Crippen LogP contribution < -0.4 is 0 Å². The van der Waals surface area contributed by atoms with Crippen LogP contribution in [0.25, 0.3) is 0 Å². The van der Waals surface area contributed by atoms with Gasteiger partial charge in [0.05, 0.1) is 11.3 Å². The van der Waals surface area contributed by atoms with Crippen molar-refractivity contribution in [2.24, 2.45) is 0 Å². The average molecular weight is 285 g/mol. The minimum Gasteiger partial charge on any atom is -0.227 e. The van der Waals surface area contributed by atoms with E-state index < -0.39 is 0 Å². The molecule has 6 heteroatoms. The molecule has 0 atom stereocenters. The van der Waals surface area contributed by atoms with Gasteiger partial charge < -0.3 is 0 Å². The molecule has 0 spiro atoms. The highest BCUT2D eigenvalue weighted by atomic mass is 32.2. The lowest BCUT2D eigenvalue weighted by molar-refractivity contribution is 0.850. The summed E-state index contributed by atoms with van der Waals surface area (Å²) in [6.07, 6.45) is 0. The molecule has 2 aromatic rings. The topological polar surface area (TPSA) is 75.3 Å². The lowest BCUT2D eigenvalue weighted by Crippen LogP contribution is -2.01. The first-order valence-corrected chi connectivity index (χ1v) is 6.99. The van der Waals surface area contributed by atoms with Gasteiger partial charge in [-0.05, 0) is 57.5 Å². The molecule has 2 rings (SSSR count). The second-order valence-corrected chi connectivity index (χ2v) is 5.56. The van der Waals surface area contributed by atoms with E-state index in [9.17, 15) is 5.26 Å². The van der Waals surface area contributed by atoms with Gasteiger partial charge >= 0.3 is 0 Å². The van der Waals surface area contributed by atoms with Crippen LogP contribution >= 0.6 is 11.8 Å². The van der Waals surface area contributed by atoms with Crippen LogP contribution in [0.4, 0.5) is 0 Å². The van der Waals surface area contributed by atoms with Crippen LogP contribution in [0.3, 0.4) is 0 Å². The fraction of sp³-hybridized carbons (Fsp3) is 0.357. The predicted molar refractivity (Wildman–Crippen MR) is 76.6 cm³/mol. The van der Waals surface area contributed by atoms with E-state index in [2.05, 4.69) is 26.2 Å². The summed E-state index contributed by atoms with van der Waals surface area (Å²) in [7, 11) is 0. The molecule has 0 N–H and O–H groups in total. The van der Waals surface area contributed by atoms with Gasteiger partial charge in [-0.15, -0.1) is 5.10 Å². The van der Waals surface area contributed by atoms with E-state index in [4.69, 9.17) is 0 Å². The number of aryl methyl sites for hydroxylation is 3. The number of hydrogen-bond acceptors (Lipinski definition) is 6. The zero-order valence-electron chi connectivity index (χ0n) is 12.1. The fourth-order valence-corrected chi connectivity index (χ4v) is 2.58. The fourth-order valence-electron chi connectivity index (χ4n) is 1.66. The number of nitriles is 1. The van der Waals surface area contributed by atoms with Gasteiger partial charge in [-0.2, -0.15) is 10.4 Å². The normalized spacial score (nSPS) is 10.4. The standard InChI is InChI=1S/C14H15N5S/c1-7-9(3)16-14(17-10(7)4)20-13-12(6-15)8(2)11(5)18-19-13/h1-5H3. The first-order chi connectivity index (χ1) is 9.43. The van der Waals surface area contributed by atoms with Crippen LogP contribution in [-0.4, -0.2) is 20.2 Å². The minimum absolute atomic E-state index is 0.544. The van der Waals surface area contributed by atoms with Gasteiger partial charge in [0.1, 0.15) is 11.1 Å². The Hall–Kier alpha value is -2.00. The molecule has 5 nitrogen and oxygen atoms in total. The van der Waals surface area contributed by atoms with Crippen molar-refractivity contribution >= 4 is 11.8 Å². The summed E-state index contributed by atoms with van der Waals surface area (Å²) in [5.41, 5.74) is 5.13. The van der Waals surface area contributed by atoms with Gasteiger partial charge in [-0.3, -0.25) is 0 Å². The van der Waals surface area contributed by atoms with Gasteiger partial charge in [-0.25, -0.2) is 9.97 Å². The largest absolute Gasteiger partial charge is 0.227 e. The third-order valence-corrected chi connectivity index (χ3v) is 4.18. The molecule has 0 bridgehead atoms. The van der Waals surface area contributed by atoms with E-state index in [0.717, 1.165) is 28.2 Å². The van der Waals surface area contributed by atoms with Crippen molar-refractivity contribution < 1.29 is 0 Å². The molecule has 2 aromatic heterocycles. The Balaban J connectivity index is 2.46. The first-order valence-electron chi connectivity index (χ1n) is 6.17. The van der Waals surface area contributed by atoms with Gasteiger partial charge in [0.15, 0.2) is 5.16 Å². The second kappa shape index (κ2) is 5.55. The molecular formula is C14H15N5S. The number of nitrogens with zero attached hydrogens (tertiary/aromatic N) is 5. The highest BCUT2D eigenvalue weighted by molar-refractivity contribution is 7.99. The van der Waals surface area contributed by atoms with Crippen LogP contribution in [0.5, 0.6) is 0 Å². The van der Waals surface area contributed by atoms with E-state index in [1.165, 1.54) is 11.8 Å². The molecule has 0 saturated carbocycles. The Kier molecular flexibility index (Phi) is 4.00. The Morgan fingerprint density at radius 3 is 2.00 bits per heavy atom. The van der Waals surface area contributed by atoms with E-state index >= 15 is 0 Å². The van der Waals surface area contributed by atoms with Gasteiger partial charge in [0.2, 0.25) is 0 Å². The van der Waals surface area contributed by atoms with Crippen LogP contribution in [0, 0.1) is 45.9 Å². The molecule has 0 aliphatic heterocycles. The van der Waals surface area contributed by atoms with Gasteiger partial charge in [0.25, 0.3) is 0 Å². The van der Waals surface area contributed by atoms with Crippen molar-refractivity contribution in [1.82, 2.24) is 20.2 Å². The maximum Gasteiger partial charge on any atom is 0.194 e. The van der Waals surface area contributed by atoms with Gasteiger partial charge in [-0.1, -0.05) is 0 Å². The monoisotopic (exact) mass is 285 g/mol. The maximum absolute atomic E-state index is 9.28. The van der Waals surface area contributed by atoms with Crippen molar-refractivity contribution in [2.75, 3.05) is 0 Å². The molecule has 0 aliphatic rings.